The van der Waals surface area contributed by atoms with Gasteiger partial charge in [-0.15, -0.1) is 0 Å². The monoisotopic (exact) mass is 1830 g/mol. The molecule has 0 fully saturated rings. The van der Waals surface area contributed by atoms with Gasteiger partial charge in [-0.25, -0.2) is 0 Å². The number of nitrogens with zero attached hydrogens (tertiary/aromatic N) is 2. The zero-order chi connectivity index (χ0) is 95.3. The lowest BCUT2D eigenvalue weighted by Crippen LogP contribution is -2.28. The first-order valence-electron chi connectivity index (χ1n) is 50.1. The van der Waals surface area contributed by atoms with E-state index in [1.807, 2.05) is 0 Å². The van der Waals surface area contributed by atoms with Gasteiger partial charge in [-0.3, -0.25) is 0 Å². The molecule has 0 saturated heterocycles. The lowest BCUT2D eigenvalue weighted by atomic mass is 9.67. The Bertz CT molecular complexity index is 8730. The van der Waals surface area contributed by atoms with Gasteiger partial charge in [-0.05, 0) is 286 Å². The maximum Gasteiger partial charge on any atom is 0.0714 e. The molecule has 0 spiro atoms. The Morgan fingerprint density at radius 3 is 0.764 bits per heavy atom. The molecule has 23 aromatic rings. The van der Waals surface area contributed by atoms with Gasteiger partial charge in [-0.2, -0.15) is 0 Å². The van der Waals surface area contributed by atoms with E-state index in [0.717, 1.165) is 89.8 Å². The molecule has 4 aliphatic rings. The standard InChI is InChI=1S/C142H96N2/c1-9-39-97(40-10-1)98-77-81-116(82-78-98)143(119-83-85-126-122-64-25-30-68-130(122)140(136(126)95-119,110-50-15-4-16-51-110)111-52-17-5-18-53-111)117-61-37-44-104(91-117)106-80-88-135-129(94-106)125-67-28-33-71-133(125)142(135,114-58-23-8-24-59-114)115-60-36-43-103(90-115)102-42-35-41-101(89-102)99-73-75-100(76-74-99)121-63-29-34-72-138(121)144(120-84-86-127-123-65-26-31-69-131(123)141(137(127)96-120,112-54-19-6-20-55-112)113-56-21-7-22-57-113)118-62-38-45-105(92-118)107-79-87-134-128(93-107)124-66-27-32-70-132(124)139(134,108-46-11-2-12-47-108)109-48-13-3-14-49-109/h1-96H. The Balaban J connectivity index is 0.548. The Morgan fingerprint density at radius 2 is 0.340 bits per heavy atom. The van der Waals surface area contributed by atoms with Crippen molar-refractivity contribution in [2.24, 2.45) is 0 Å². The van der Waals surface area contributed by atoms with Crippen LogP contribution in [0.4, 0.5) is 34.1 Å². The van der Waals surface area contributed by atoms with E-state index in [0.29, 0.717) is 0 Å². The molecule has 674 valence electrons. The fourth-order valence-electron chi connectivity index (χ4n) is 25.2. The minimum atomic E-state index is -0.673. The summed E-state index contributed by atoms with van der Waals surface area (Å²) in [5.41, 5.74) is 47.5. The fourth-order valence-corrected chi connectivity index (χ4v) is 25.2. The average Bonchev–Trinajstić information content (AvgIpc) is 1.96. The molecule has 0 aliphatic heterocycles. The highest BCUT2D eigenvalue weighted by Crippen LogP contribution is 2.64. The van der Waals surface area contributed by atoms with Crippen molar-refractivity contribution in [3.05, 3.63) is 671 Å². The highest BCUT2D eigenvalue weighted by Gasteiger charge is 2.51. The molecule has 1 unspecified atom stereocenters. The van der Waals surface area contributed by atoms with Crippen LogP contribution >= 0.6 is 0 Å². The van der Waals surface area contributed by atoms with E-state index < -0.39 is 21.7 Å². The van der Waals surface area contributed by atoms with Gasteiger partial charge in [0.25, 0.3) is 0 Å². The van der Waals surface area contributed by atoms with Crippen LogP contribution < -0.4 is 9.80 Å². The van der Waals surface area contributed by atoms with Crippen molar-refractivity contribution in [1.29, 1.82) is 0 Å². The second-order valence-corrected chi connectivity index (χ2v) is 38.7. The lowest BCUT2D eigenvalue weighted by Gasteiger charge is -2.35. The van der Waals surface area contributed by atoms with Crippen molar-refractivity contribution in [1.82, 2.24) is 0 Å². The summed E-state index contributed by atoms with van der Waals surface area (Å²) in [4.78, 5) is 4.98. The van der Waals surface area contributed by atoms with Gasteiger partial charge in [0.1, 0.15) is 0 Å². The average molecular weight is 1830 g/mol. The molecule has 144 heavy (non-hydrogen) atoms. The molecule has 0 saturated carbocycles. The van der Waals surface area contributed by atoms with Gasteiger partial charge in [0.05, 0.1) is 27.3 Å². The maximum atomic E-state index is 2.52. The molecule has 0 aromatic heterocycles. The Morgan fingerprint density at radius 1 is 0.104 bits per heavy atom. The van der Waals surface area contributed by atoms with Crippen LogP contribution in [0.2, 0.25) is 0 Å². The first-order valence-corrected chi connectivity index (χ1v) is 50.1. The van der Waals surface area contributed by atoms with E-state index in [4.69, 9.17) is 0 Å². The summed E-state index contributed by atoms with van der Waals surface area (Å²) in [6, 6.07) is 218. The molecular formula is C142H96N2. The SMILES string of the molecule is c1ccc(-c2ccc(N(c3cccc(-c4ccc5c(c4)-c4ccccc4C5(c4ccccc4)c4cccc(-c5cccc(-c6ccc(-c7ccccc7N(c7cccc(-c8ccc9c(c8)-c8ccccc8C9(c8ccccc8)c8ccccc8)c7)c7ccc8c(c7)C(c7ccccc7)(c7ccccc7)c7ccccc7-8)cc6)c5)c4)c3)c3ccc4c(c3)C(c3ccccc3)(c3ccccc3)c3ccccc3-4)cc2)cc1. The van der Waals surface area contributed by atoms with Crippen LogP contribution in [0.15, 0.2) is 582 Å². The van der Waals surface area contributed by atoms with Gasteiger partial charge in [0.2, 0.25) is 0 Å². The van der Waals surface area contributed by atoms with Crippen molar-refractivity contribution in [2.75, 3.05) is 9.80 Å². The third-order valence-electron chi connectivity index (χ3n) is 31.4. The predicted octanol–water partition coefficient (Wildman–Crippen LogP) is 36.1. The summed E-state index contributed by atoms with van der Waals surface area (Å²) in [6.07, 6.45) is 0. The number of fused-ring (bicyclic) bond motifs is 12. The molecule has 2 heteroatoms. The minimum absolute atomic E-state index is 0.514. The van der Waals surface area contributed by atoms with Crippen LogP contribution in [-0.2, 0) is 21.7 Å². The normalized spacial score (nSPS) is 14.2. The first kappa shape index (κ1) is 84.9. The zero-order valence-electron chi connectivity index (χ0n) is 79.3. The fraction of sp³-hybridized carbons (Fsp3) is 0.0282. The quantitative estimate of drug-likeness (QED) is 0.0750. The highest BCUT2D eigenvalue weighted by molar-refractivity contribution is 5.98. The largest absolute Gasteiger partial charge is 0.310 e. The summed E-state index contributed by atoms with van der Waals surface area (Å²) in [7, 11) is 0. The number of para-hydroxylation sites is 1. The smallest absolute Gasteiger partial charge is 0.0714 e. The summed E-state index contributed by atoms with van der Waals surface area (Å²) in [5, 5.41) is 0. The molecular weight excluding hydrogens is 1730 g/mol. The second-order valence-electron chi connectivity index (χ2n) is 38.7. The van der Waals surface area contributed by atoms with Crippen LogP contribution in [0.1, 0.15) is 89.0 Å². The number of benzene rings is 23. The summed E-state index contributed by atoms with van der Waals surface area (Å²) in [6.45, 7) is 0. The topological polar surface area (TPSA) is 6.48 Å². The van der Waals surface area contributed by atoms with E-state index >= 15 is 0 Å². The van der Waals surface area contributed by atoms with Gasteiger partial charge in [0, 0.05) is 34.0 Å². The zero-order valence-corrected chi connectivity index (χ0v) is 79.3. The van der Waals surface area contributed by atoms with E-state index in [9.17, 15) is 0 Å². The predicted molar refractivity (Wildman–Crippen MR) is 598 cm³/mol. The Kier molecular flexibility index (Phi) is 20.6. The second kappa shape index (κ2) is 34.9. The Hall–Kier alpha value is -18.3. The molecule has 0 amide bonds. The van der Waals surface area contributed by atoms with Crippen LogP contribution in [0, 0.1) is 0 Å². The van der Waals surface area contributed by atoms with Crippen LogP contribution in [0.3, 0.4) is 0 Å². The van der Waals surface area contributed by atoms with Crippen molar-refractivity contribution in [3.8, 4) is 111 Å². The molecule has 4 aliphatic carbocycles. The van der Waals surface area contributed by atoms with Crippen molar-refractivity contribution in [3.63, 3.8) is 0 Å². The molecule has 0 N–H and O–H groups in total. The molecule has 23 aromatic carbocycles. The summed E-state index contributed by atoms with van der Waals surface area (Å²) in [5.74, 6) is 0. The minimum Gasteiger partial charge on any atom is -0.310 e. The lowest BCUT2D eigenvalue weighted by molar-refractivity contribution is 0.768. The molecule has 0 heterocycles. The number of hydrogen-bond donors (Lipinski definition) is 0. The van der Waals surface area contributed by atoms with E-state index in [-0.39, 0.29) is 0 Å². The van der Waals surface area contributed by atoms with Gasteiger partial charge >= 0.3 is 0 Å². The van der Waals surface area contributed by atoms with E-state index in [2.05, 4.69) is 592 Å². The van der Waals surface area contributed by atoms with Crippen molar-refractivity contribution < 1.29 is 0 Å². The van der Waals surface area contributed by atoms with Crippen LogP contribution in [0.5, 0.6) is 0 Å². The maximum absolute atomic E-state index is 2.52. The Labute approximate surface area is 842 Å². The van der Waals surface area contributed by atoms with Crippen molar-refractivity contribution >= 4 is 34.1 Å². The highest BCUT2D eigenvalue weighted by atomic mass is 15.2. The first-order chi connectivity index (χ1) is 71.4. The molecule has 0 bridgehead atoms. The third-order valence-corrected chi connectivity index (χ3v) is 31.4. The molecule has 0 radical (unpaired) electrons. The summed E-state index contributed by atoms with van der Waals surface area (Å²) >= 11 is 0. The molecule has 27 rings (SSSR count). The summed E-state index contributed by atoms with van der Waals surface area (Å²) < 4.78 is 0. The molecule has 2 nitrogen and oxygen atoms in total. The van der Waals surface area contributed by atoms with E-state index in [1.165, 1.54) is 145 Å². The van der Waals surface area contributed by atoms with Crippen LogP contribution in [0.25, 0.3) is 111 Å². The van der Waals surface area contributed by atoms with Crippen molar-refractivity contribution in [2.45, 2.75) is 21.7 Å². The third kappa shape index (κ3) is 13.4. The number of anilines is 6. The number of rotatable bonds is 20. The van der Waals surface area contributed by atoms with Gasteiger partial charge in [-0.1, -0.05) is 491 Å². The molecule has 1 atom stereocenters. The van der Waals surface area contributed by atoms with E-state index in [1.54, 1.807) is 0 Å². The number of hydrogen-bond acceptors (Lipinski definition) is 2. The van der Waals surface area contributed by atoms with Gasteiger partial charge in [0.15, 0.2) is 0 Å². The van der Waals surface area contributed by atoms with Crippen LogP contribution in [-0.4, -0.2) is 0 Å². The van der Waals surface area contributed by atoms with Gasteiger partial charge < -0.3 is 9.80 Å².